The molecule has 1 unspecified atom stereocenters. The smallest absolute Gasteiger partial charge is 0.317 e. The summed E-state index contributed by atoms with van der Waals surface area (Å²) in [5, 5.41) is 2.70. The van der Waals surface area contributed by atoms with Crippen molar-refractivity contribution in [3.05, 3.63) is 35.4 Å². The Morgan fingerprint density at radius 3 is 2.36 bits per heavy atom. The van der Waals surface area contributed by atoms with Crippen LogP contribution in [0.2, 0.25) is 0 Å². The predicted molar refractivity (Wildman–Crippen MR) is 98.3 cm³/mol. The first-order chi connectivity index (χ1) is 12.1. The molecular formula is C20H29N3O2. The zero-order chi connectivity index (χ0) is 17.8. The van der Waals surface area contributed by atoms with Gasteiger partial charge in [0.2, 0.25) is 5.91 Å². The van der Waals surface area contributed by atoms with Crippen LogP contribution in [0.3, 0.4) is 0 Å². The van der Waals surface area contributed by atoms with E-state index >= 15 is 0 Å². The first-order valence-corrected chi connectivity index (χ1v) is 9.37. The van der Waals surface area contributed by atoms with Crippen molar-refractivity contribution in [3.63, 3.8) is 0 Å². The third kappa shape index (κ3) is 4.14. The predicted octanol–water partition coefficient (Wildman–Crippen LogP) is 2.44. The van der Waals surface area contributed by atoms with Crippen LogP contribution < -0.4 is 5.32 Å². The van der Waals surface area contributed by atoms with Crippen molar-refractivity contribution in [1.29, 1.82) is 0 Å². The Morgan fingerprint density at radius 1 is 1.04 bits per heavy atom. The van der Waals surface area contributed by atoms with Crippen LogP contribution in [0.5, 0.6) is 0 Å². The highest BCUT2D eigenvalue weighted by Gasteiger charge is 2.34. The molecule has 1 N–H and O–H groups in total. The van der Waals surface area contributed by atoms with Gasteiger partial charge in [0.25, 0.3) is 0 Å². The molecule has 5 heteroatoms. The van der Waals surface area contributed by atoms with Crippen LogP contribution in [0.4, 0.5) is 4.79 Å². The zero-order valence-electron chi connectivity index (χ0n) is 15.3. The summed E-state index contributed by atoms with van der Waals surface area (Å²) in [6.07, 6.45) is 3.72. The summed E-state index contributed by atoms with van der Waals surface area (Å²) >= 11 is 0. The van der Waals surface area contributed by atoms with E-state index in [2.05, 4.69) is 24.4 Å². The van der Waals surface area contributed by atoms with E-state index in [4.69, 9.17) is 0 Å². The molecule has 0 aliphatic carbocycles. The molecule has 3 rings (SSSR count). The van der Waals surface area contributed by atoms with Gasteiger partial charge in [0.1, 0.15) is 0 Å². The fourth-order valence-electron chi connectivity index (χ4n) is 4.21. The number of rotatable bonds is 3. The third-order valence-electron chi connectivity index (χ3n) is 5.89. The van der Waals surface area contributed by atoms with Gasteiger partial charge < -0.3 is 15.1 Å². The van der Waals surface area contributed by atoms with Gasteiger partial charge in [-0.05, 0) is 49.1 Å². The summed E-state index contributed by atoms with van der Waals surface area (Å²) in [6.45, 7) is 5.49. The number of hydrogen-bond acceptors (Lipinski definition) is 2. The number of benzene rings is 1. The number of hydrogen-bond donors (Lipinski definition) is 1. The van der Waals surface area contributed by atoms with Gasteiger partial charge in [-0.1, -0.05) is 24.3 Å². The van der Waals surface area contributed by atoms with Crippen molar-refractivity contribution in [2.24, 2.45) is 11.8 Å². The fraction of sp³-hybridized carbons (Fsp3) is 0.600. The van der Waals surface area contributed by atoms with E-state index in [-0.39, 0.29) is 11.9 Å². The largest absolute Gasteiger partial charge is 0.342 e. The minimum Gasteiger partial charge on any atom is -0.342 e. The summed E-state index contributed by atoms with van der Waals surface area (Å²) in [7, 11) is 1.68. The molecule has 0 saturated carbocycles. The lowest BCUT2D eigenvalue weighted by molar-refractivity contribution is -0.129. The number of urea groups is 1. The quantitative estimate of drug-likeness (QED) is 0.916. The molecule has 2 aliphatic rings. The van der Waals surface area contributed by atoms with Crippen molar-refractivity contribution in [2.75, 3.05) is 33.2 Å². The van der Waals surface area contributed by atoms with Gasteiger partial charge in [-0.25, -0.2) is 4.79 Å². The molecular weight excluding hydrogens is 314 g/mol. The molecule has 3 amide bonds. The van der Waals surface area contributed by atoms with Crippen LogP contribution in [0.25, 0.3) is 0 Å². The molecule has 2 saturated heterocycles. The van der Waals surface area contributed by atoms with E-state index in [0.29, 0.717) is 18.3 Å². The first-order valence-electron chi connectivity index (χ1n) is 9.37. The second-order valence-electron chi connectivity index (χ2n) is 7.37. The molecule has 0 spiro atoms. The van der Waals surface area contributed by atoms with Crippen molar-refractivity contribution in [3.8, 4) is 0 Å². The summed E-state index contributed by atoms with van der Waals surface area (Å²) in [4.78, 5) is 28.3. The van der Waals surface area contributed by atoms with E-state index in [1.807, 2.05) is 21.9 Å². The molecule has 2 heterocycles. The SMILES string of the molecule is CNC(=O)N1CCC(C2CCN(C(=O)Cc3ccccc3C)C2)CC1. The van der Waals surface area contributed by atoms with Gasteiger partial charge in [0, 0.05) is 33.2 Å². The maximum atomic E-state index is 12.6. The Balaban J connectivity index is 1.50. The highest BCUT2D eigenvalue weighted by Crippen LogP contribution is 2.32. The Morgan fingerprint density at radius 2 is 1.68 bits per heavy atom. The summed E-state index contributed by atoms with van der Waals surface area (Å²) < 4.78 is 0. The standard InChI is InChI=1S/C20H29N3O2/c1-15-5-3-4-6-17(15)13-19(24)23-12-9-18(14-23)16-7-10-22(11-8-16)20(25)21-2/h3-6,16,18H,7-14H2,1-2H3,(H,21,25). The van der Waals surface area contributed by atoms with Crippen molar-refractivity contribution in [1.82, 2.24) is 15.1 Å². The van der Waals surface area contributed by atoms with E-state index in [1.165, 1.54) is 5.56 Å². The van der Waals surface area contributed by atoms with Crippen LogP contribution in [0.1, 0.15) is 30.4 Å². The Labute approximate surface area is 150 Å². The molecule has 25 heavy (non-hydrogen) atoms. The van der Waals surface area contributed by atoms with Gasteiger partial charge in [0.05, 0.1) is 6.42 Å². The van der Waals surface area contributed by atoms with Crippen LogP contribution in [-0.4, -0.2) is 55.0 Å². The topological polar surface area (TPSA) is 52.7 Å². The van der Waals surface area contributed by atoms with Crippen molar-refractivity contribution in [2.45, 2.75) is 32.6 Å². The average molecular weight is 343 g/mol. The van der Waals surface area contributed by atoms with E-state index in [9.17, 15) is 9.59 Å². The summed E-state index contributed by atoms with van der Waals surface area (Å²) in [5.74, 6) is 1.48. The number of nitrogens with one attached hydrogen (secondary N) is 1. The minimum absolute atomic E-state index is 0.0277. The second kappa shape index (κ2) is 7.89. The van der Waals surface area contributed by atoms with Crippen LogP contribution >= 0.6 is 0 Å². The van der Waals surface area contributed by atoms with Crippen LogP contribution in [0, 0.1) is 18.8 Å². The molecule has 1 atom stereocenters. The summed E-state index contributed by atoms with van der Waals surface area (Å²) in [5.41, 5.74) is 2.32. The second-order valence-corrected chi connectivity index (χ2v) is 7.37. The van der Waals surface area contributed by atoms with Gasteiger partial charge in [-0.2, -0.15) is 0 Å². The number of amides is 3. The van der Waals surface area contributed by atoms with Crippen molar-refractivity contribution >= 4 is 11.9 Å². The van der Waals surface area contributed by atoms with Gasteiger partial charge in [0.15, 0.2) is 0 Å². The summed E-state index contributed by atoms with van der Waals surface area (Å²) in [6, 6.07) is 8.16. The monoisotopic (exact) mass is 343 g/mol. The zero-order valence-corrected chi connectivity index (χ0v) is 15.3. The molecule has 5 nitrogen and oxygen atoms in total. The number of carbonyl (C=O) groups excluding carboxylic acids is 2. The molecule has 1 aromatic carbocycles. The fourth-order valence-corrected chi connectivity index (χ4v) is 4.21. The maximum Gasteiger partial charge on any atom is 0.317 e. The number of likely N-dealkylation sites (tertiary alicyclic amines) is 2. The maximum absolute atomic E-state index is 12.6. The number of nitrogens with zero attached hydrogens (tertiary/aromatic N) is 2. The Kier molecular flexibility index (Phi) is 5.61. The Hall–Kier alpha value is -2.04. The van der Waals surface area contributed by atoms with E-state index in [0.717, 1.165) is 51.0 Å². The Bertz CT molecular complexity index is 623. The highest BCUT2D eigenvalue weighted by atomic mass is 16.2. The van der Waals surface area contributed by atoms with Crippen molar-refractivity contribution < 1.29 is 9.59 Å². The van der Waals surface area contributed by atoms with Crippen LogP contribution in [0.15, 0.2) is 24.3 Å². The lowest BCUT2D eigenvalue weighted by atomic mass is 9.84. The number of carbonyl (C=O) groups is 2. The number of aryl methyl sites for hydroxylation is 1. The molecule has 2 fully saturated rings. The lowest BCUT2D eigenvalue weighted by Crippen LogP contribution is -2.44. The van der Waals surface area contributed by atoms with Gasteiger partial charge >= 0.3 is 6.03 Å². The molecule has 136 valence electrons. The molecule has 0 bridgehead atoms. The van der Waals surface area contributed by atoms with E-state index in [1.54, 1.807) is 7.05 Å². The molecule has 0 radical (unpaired) electrons. The molecule has 0 aromatic heterocycles. The molecule has 1 aromatic rings. The van der Waals surface area contributed by atoms with E-state index < -0.39 is 0 Å². The number of piperidine rings is 1. The lowest BCUT2D eigenvalue weighted by Gasteiger charge is -2.34. The normalized spacial score (nSPS) is 21.4. The average Bonchev–Trinajstić information content (AvgIpc) is 3.13. The third-order valence-corrected chi connectivity index (χ3v) is 5.89. The minimum atomic E-state index is 0.0277. The highest BCUT2D eigenvalue weighted by molar-refractivity contribution is 5.79. The van der Waals surface area contributed by atoms with Crippen LogP contribution in [-0.2, 0) is 11.2 Å². The molecule has 2 aliphatic heterocycles. The van der Waals surface area contributed by atoms with Gasteiger partial charge in [-0.3, -0.25) is 4.79 Å². The van der Waals surface area contributed by atoms with Gasteiger partial charge in [-0.15, -0.1) is 0 Å². The first kappa shape index (κ1) is 17.8.